The van der Waals surface area contributed by atoms with Gasteiger partial charge < -0.3 is 25.4 Å². The first-order valence-electron chi connectivity index (χ1n) is 13.4. The van der Waals surface area contributed by atoms with E-state index < -0.39 is 28.2 Å². The highest BCUT2D eigenvalue weighted by molar-refractivity contribution is 7.89. The summed E-state index contributed by atoms with van der Waals surface area (Å²) in [7, 11) is -2.35. The topological polar surface area (TPSA) is 128 Å². The first-order valence-corrected chi connectivity index (χ1v) is 14.8. The van der Waals surface area contributed by atoms with Gasteiger partial charge in [0.05, 0.1) is 35.3 Å². The molecule has 3 amide bonds. The number of aryl methyl sites for hydroxylation is 1. The summed E-state index contributed by atoms with van der Waals surface area (Å²) in [6.45, 7) is 5.45. The molecule has 0 saturated heterocycles. The SMILES string of the molecule is Cc1ccc(S(=O)(=O)N(C)C[C@@H]2Oc3c(NC(=O)Nc4ccccc4)cccc3C(=O)N([C@H](C)CO)C[C@H]2C)cc1. The van der Waals surface area contributed by atoms with Crippen LogP contribution in [0.4, 0.5) is 16.2 Å². The number of fused-ring (bicyclic) bond motifs is 1. The van der Waals surface area contributed by atoms with E-state index in [1.54, 1.807) is 78.6 Å². The Kier molecular flexibility index (Phi) is 9.31. The van der Waals surface area contributed by atoms with E-state index in [2.05, 4.69) is 10.6 Å². The van der Waals surface area contributed by atoms with Crippen LogP contribution >= 0.6 is 0 Å². The van der Waals surface area contributed by atoms with Gasteiger partial charge in [-0.15, -0.1) is 0 Å². The average Bonchev–Trinajstić information content (AvgIpc) is 2.95. The minimum atomic E-state index is -3.83. The third-order valence-electron chi connectivity index (χ3n) is 7.14. The standard InChI is InChI=1S/C30H36N4O6S/c1-20-13-15-24(16-14-20)41(38,39)33(4)18-27-21(2)17-34(22(3)19-35)29(36)25-11-8-12-26(28(25)40-27)32-30(37)31-23-9-6-5-7-10-23/h5-16,21-22,27,35H,17-19H2,1-4H3,(H2,31,32,37)/t21-,22-,27+/m1/s1. The number of aliphatic hydroxyl groups is 1. The van der Waals surface area contributed by atoms with E-state index in [4.69, 9.17) is 4.74 Å². The van der Waals surface area contributed by atoms with Crippen LogP contribution in [0, 0.1) is 12.8 Å². The van der Waals surface area contributed by atoms with Crippen molar-refractivity contribution in [1.82, 2.24) is 9.21 Å². The summed E-state index contributed by atoms with van der Waals surface area (Å²) in [4.78, 5) is 28.2. The van der Waals surface area contributed by atoms with Gasteiger partial charge >= 0.3 is 6.03 Å². The van der Waals surface area contributed by atoms with Crippen molar-refractivity contribution in [2.75, 3.05) is 37.4 Å². The zero-order valence-corrected chi connectivity index (χ0v) is 24.4. The number of hydrogen-bond acceptors (Lipinski definition) is 6. The Morgan fingerprint density at radius 1 is 1.07 bits per heavy atom. The van der Waals surface area contributed by atoms with E-state index in [9.17, 15) is 23.1 Å². The first kappa shape index (κ1) is 30.0. The van der Waals surface area contributed by atoms with E-state index >= 15 is 0 Å². The van der Waals surface area contributed by atoms with Gasteiger partial charge in [-0.2, -0.15) is 4.31 Å². The number of aliphatic hydroxyl groups excluding tert-OH is 1. The molecule has 0 aromatic heterocycles. The van der Waals surface area contributed by atoms with Gasteiger partial charge in [0.25, 0.3) is 5.91 Å². The number of nitrogens with zero attached hydrogens (tertiary/aromatic N) is 2. The summed E-state index contributed by atoms with van der Waals surface area (Å²) in [5, 5.41) is 15.4. The molecular formula is C30H36N4O6S. The van der Waals surface area contributed by atoms with E-state index in [0.29, 0.717) is 5.69 Å². The van der Waals surface area contributed by atoms with Crippen LogP contribution in [-0.2, 0) is 10.0 Å². The van der Waals surface area contributed by atoms with Crippen molar-refractivity contribution >= 4 is 33.3 Å². The molecule has 11 heteroatoms. The molecule has 0 bridgehead atoms. The monoisotopic (exact) mass is 580 g/mol. The molecule has 1 aliphatic rings. The molecule has 3 aromatic rings. The molecule has 4 rings (SSSR count). The lowest BCUT2D eigenvalue weighted by molar-refractivity contribution is 0.0389. The van der Waals surface area contributed by atoms with E-state index in [1.807, 2.05) is 19.9 Å². The predicted molar refractivity (Wildman–Crippen MR) is 158 cm³/mol. The molecule has 3 N–H and O–H groups in total. The predicted octanol–water partition coefficient (Wildman–Crippen LogP) is 4.18. The maximum absolute atomic E-state index is 13.7. The highest BCUT2D eigenvalue weighted by atomic mass is 32.2. The van der Waals surface area contributed by atoms with Gasteiger partial charge in [-0.1, -0.05) is 48.9 Å². The van der Waals surface area contributed by atoms with Crippen molar-refractivity contribution in [3.63, 3.8) is 0 Å². The molecule has 0 aliphatic carbocycles. The second-order valence-electron chi connectivity index (χ2n) is 10.3. The van der Waals surface area contributed by atoms with E-state index in [1.165, 1.54) is 11.4 Å². The zero-order chi connectivity index (χ0) is 29.7. The number of rotatable bonds is 8. The fraction of sp³-hybridized carbons (Fsp3) is 0.333. The van der Waals surface area contributed by atoms with Crippen molar-refractivity contribution in [2.24, 2.45) is 5.92 Å². The Morgan fingerprint density at radius 3 is 2.41 bits per heavy atom. The first-order chi connectivity index (χ1) is 19.5. The molecule has 0 spiro atoms. The Morgan fingerprint density at radius 2 is 1.76 bits per heavy atom. The van der Waals surface area contributed by atoms with Gasteiger partial charge in [-0.3, -0.25) is 4.79 Å². The van der Waals surface area contributed by atoms with Crippen LogP contribution in [0.5, 0.6) is 5.75 Å². The van der Waals surface area contributed by atoms with Crippen LogP contribution in [0.25, 0.3) is 0 Å². The molecule has 3 atom stereocenters. The summed E-state index contributed by atoms with van der Waals surface area (Å²) in [5.41, 5.74) is 1.98. The van der Waals surface area contributed by atoms with Crippen LogP contribution in [0.1, 0.15) is 29.8 Å². The summed E-state index contributed by atoms with van der Waals surface area (Å²) >= 11 is 0. The van der Waals surface area contributed by atoms with Crippen LogP contribution in [0.15, 0.2) is 77.7 Å². The third kappa shape index (κ3) is 6.87. The number of carbonyl (C=O) groups is 2. The number of hydrogen-bond donors (Lipinski definition) is 3. The van der Waals surface area contributed by atoms with Crippen molar-refractivity contribution < 1.29 is 27.9 Å². The smallest absolute Gasteiger partial charge is 0.323 e. The summed E-state index contributed by atoms with van der Waals surface area (Å²) in [6.07, 6.45) is -0.694. The molecule has 0 saturated carbocycles. The molecular weight excluding hydrogens is 544 g/mol. The van der Waals surface area contributed by atoms with Crippen molar-refractivity contribution in [3.05, 3.63) is 83.9 Å². The Bertz CT molecular complexity index is 1480. The molecule has 41 heavy (non-hydrogen) atoms. The number of para-hydroxylation sites is 2. The lowest BCUT2D eigenvalue weighted by Gasteiger charge is -2.38. The normalized spacial score (nSPS) is 18.1. The highest BCUT2D eigenvalue weighted by Crippen LogP contribution is 2.35. The summed E-state index contributed by atoms with van der Waals surface area (Å²) < 4.78 is 34.4. The number of likely N-dealkylation sites (N-methyl/N-ethyl adjacent to an activating group) is 1. The maximum atomic E-state index is 13.7. The number of nitrogens with one attached hydrogen (secondary N) is 2. The number of ether oxygens (including phenoxy) is 1. The molecule has 0 unspecified atom stereocenters. The van der Waals surface area contributed by atoms with Gasteiger partial charge in [0.15, 0.2) is 5.75 Å². The molecule has 1 heterocycles. The molecule has 1 aliphatic heterocycles. The average molecular weight is 581 g/mol. The van der Waals surface area contributed by atoms with E-state index in [-0.39, 0.29) is 53.4 Å². The number of sulfonamides is 1. The summed E-state index contributed by atoms with van der Waals surface area (Å²) in [5.74, 6) is -0.559. The van der Waals surface area contributed by atoms with E-state index in [0.717, 1.165) is 5.56 Å². The second-order valence-corrected chi connectivity index (χ2v) is 12.4. The van der Waals surface area contributed by atoms with Crippen molar-refractivity contribution in [1.29, 1.82) is 0 Å². The zero-order valence-electron chi connectivity index (χ0n) is 23.6. The maximum Gasteiger partial charge on any atom is 0.323 e. The third-order valence-corrected chi connectivity index (χ3v) is 8.97. The summed E-state index contributed by atoms with van der Waals surface area (Å²) in [6, 6.07) is 19.3. The number of carbonyl (C=O) groups excluding carboxylic acids is 2. The molecule has 0 fully saturated rings. The lowest BCUT2D eigenvalue weighted by atomic mass is 9.99. The van der Waals surface area contributed by atoms with Crippen molar-refractivity contribution in [3.8, 4) is 5.75 Å². The molecule has 3 aromatic carbocycles. The Labute approximate surface area is 241 Å². The Hall–Kier alpha value is -3.93. The van der Waals surface area contributed by atoms with Gasteiger partial charge in [0.2, 0.25) is 10.0 Å². The minimum absolute atomic E-state index is 0.0170. The van der Waals surface area contributed by atoms with Gasteiger partial charge in [-0.05, 0) is 50.2 Å². The van der Waals surface area contributed by atoms with Crippen molar-refractivity contribution in [2.45, 2.75) is 37.8 Å². The highest BCUT2D eigenvalue weighted by Gasteiger charge is 2.36. The number of anilines is 2. The molecule has 218 valence electrons. The van der Waals surface area contributed by atoms with Crippen LogP contribution < -0.4 is 15.4 Å². The lowest BCUT2D eigenvalue weighted by Crippen LogP contribution is -2.50. The molecule has 0 radical (unpaired) electrons. The van der Waals surface area contributed by atoms with Gasteiger partial charge in [-0.25, -0.2) is 13.2 Å². The van der Waals surface area contributed by atoms with Crippen LogP contribution in [0.3, 0.4) is 0 Å². The van der Waals surface area contributed by atoms with Gasteiger partial charge in [0, 0.05) is 25.2 Å². The second kappa shape index (κ2) is 12.7. The number of urea groups is 1. The number of amides is 3. The largest absolute Gasteiger partial charge is 0.486 e. The van der Waals surface area contributed by atoms with Gasteiger partial charge in [0.1, 0.15) is 6.10 Å². The molecule has 10 nitrogen and oxygen atoms in total. The number of benzene rings is 3. The minimum Gasteiger partial charge on any atom is -0.486 e. The van der Waals surface area contributed by atoms with Crippen LogP contribution in [-0.4, -0.2) is 73.6 Å². The fourth-order valence-electron chi connectivity index (χ4n) is 4.61. The van der Waals surface area contributed by atoms with Crippen LogP contribution in [0.2, 0.25) is 0 Å². The Balaban J connectivity index is 1.68. The quantitative estimate of drug-likeness (QED) is 0.367. The fourth-order valence-corrected chi connectivity index (χ4v) is 5.79.